The van der Waals surface area contributed by atoms with E-state index in [0.29, 0.717) is 19.0 Å². The van der Waals surface area contributed by atoms with Gasteiger partial charge in [-0.1, -0.05) is 45.0 Å². The maximum absolute atomic E-state index is 13.6. The summed E-state index contributed by atoms with van der Waals surface area (Å²) in [6.45, 7) is 9.51. The first kappa shape index (κ1) is 21.1. The molecule has 0 bridgehead atoms. The zero-order valence-corrected chi connectivity index (χ0v) is 19.3. The zero-order chi connectivity index (χ0) is 21.5. The van der Waals surface area contributed by atoms with Crippen LogP contribution in [0.25, 0.3) is 0 Å². The Hall–Kier alpha value is -2.14. The van der Waals surface area contributed by atoms with Crippen LogP contribution in [0, 0.1) is 18.3 Å². The van der Waals surface area contributed by atoms with Gasteiger partial charge in [0.2, 0.25) is 11.8 Å². The third kappa shape index (κ3) is 4.31. The minimum atomic E-state index is -0.479. The molecule has 2 aliphatic rings. The molecule has 0 unspecified atom stereocenters. The van der Waals surface area contributed by atoms with E-state index in [1.165, 1.54) is 21.6 Å². The lowest BCUT2D eigenvalue weighted by molar-refractivity contribution is -0.146. The van der Waals surface area contributed by atoms with Crippen LogP contribution in [0.4, 0.5) is 0 Å². The van der Waals surface area contributed by atoms with E-state index in [1.807, 2.05) is 42.7 Å². The fourth-order valence-corrected chi connectivity index (χ4v) is 5.28. The summed E-state index contributed by atoms with van der Waals surface area (Å²) in [5.74, 6) is 0.683. The standard InChI is InChI=1S/C25H32N2O2S/c1-17-7-5-6-8-19(17)23-20-12-14-30-21(20)11-13-27(23)22(28)16-26(15-18-9-10-18)24(29)25(2,3)4/h5-8,12,14,18,23H,9-11,13,15-16H2,1-4H3/t23-/m0/s1. The van der Waals surface area contributed by atoms with Gasteiger partial charge in [-0.2, -0.15) is 0 Å². The Morgan fingerprint density at radius 3 is 2.53 bits per heavy atom. The SMILES string of the molecule is Cc1ccccc1[C@H]1c2ccsc2CCN1C(=O)CN(CC1CC1)C(=O)C(C)(C)C. The van der Waals surface area contributed by atoms with E-state index in [-0.39, 0.29) is 24.4 Å². The van der Waals surface area contributed by atoms with Crippen molar-refractivity contribution in [2.45, 2.75) is 53.0 Å². The van der Waals surface area contributed by atoms with Crippen molar-refractivity contribution in [3.63, 3.8) is 0 Å². The van der Waals surface area contributed by atoms with Crippen molar-refractivity contribution in [3.05, 3.63) is 57.3 Å². The Bertz CT molecular complexity index is 939. The van der Waals surface area contributed by atoms with Gasteiger partial charge in [0.25, 0.3) is 0 Å². The van der Waals surface area contributed by atoms with E-state index in [0.717, 1.165) is 19.3 Å². The van der Waals surface area contributed by atoms with Crippen molar-refractivity contribution in [1.29, 1.82) is 0 Å². The maximum atomic E-state index is 13.6. The molecule has 5 heteroatoms. The molecule has 2 heterocycles. The minimum Gasteiger partial charge on any atom is -0.333 e. The van der Waals surface area contributed by atoms with Crippen LogP contribution in [0.2, 0.25) is 0 Å². The average molecular weight is 425 g/mol. The van der Waals surface area contributed by atoms with Gasteiger partial charge in [-0.3, -0.25) is 9.59 Å². The van der Waals surface area contributed by atoms with Crippen LogP contribution in [0.1, 0.15) is 61.2 Å². The smallest absolute Gasteiger partial charge is 0.242 e. The summed E-state index contributed by atoms with van der Waals surface area (Å²) in [5, 5.41) is 2.13. The number of benzene rings is 1. The van der Waals surface area contributed by atoms with Crippen molar-refractivity contribution in [2.24, 2.45) is 11.3 Å². The van der Waals surface area contributed by atoms with Crippen LogP contribution in [0.3, 0.4) is 0 Å². The first-order valence-electron chi connectivity index (χ1n) is 11.0. The molecule has 1 aromatic heterocycles. The molecule has 1 atom stereocenters. The summed E-state index contributed by atoms with van der Waals surface area (Å²) >= 11 is 1.78. The number of thiophene rings is 1. The molecule has 0 radical (unpaired) electrons. The Morgan fingerprint density at radius 1 is 1.13 bits per heavy atom. The number of hydrogen-bond acceptors (Lipinski definition) is 3. The predicted molar refractivity (Wildman–Crippen MR) is 122 cm³/mol. The van der Waals surface area contributed by atoms with Gasteiger partial charge in [-0.05, 0) is 60.2 Å². The fraction of sp³-hybridized carbons (Fsp3) is 0.520. The summed E-state index contributed by atoms with van der Waals surface area (Å²) in [7, 11) is 0. The van der Waals surface area contributed by atoms with Crippen LogP contribution >= 0.6 is 11.3 Å². The number of carbonyl (C=O) groups is 2. The number of hydrogen-bond donors (Lipinski definition) is 0. The second-order valence-corrected chi connectivity index (χ2v) is 10.8. The van der Waals surface area contributed by atoms with Gasteiger partial charge >= 0.3 is 0 Å². The lowest BCUT2D eigenvalue weighted by Gasteiger charge is -2.39. The van der Waals surface area contributed by atoms with Crippen LogP contribution < -0.4 is 0 Å². The molecular formula is C25H32N2O2S. The lowest BCUT2D eigenvalue weighted by atomic mass is 9.90. The molecule has 0 spiro atoms. The molecule has 1 aromatic carbocycles. The van der Waals surface area contributed by atoms with Crippen LogP contribution in [0.5, 0.6) is 0 Å². The molecule has 4 nitrogen and oxygen atoms in total. The second-order valence-electron chi connectivity index (χ2n) is 9.77. The number of aryl methyl sites for hydroxylation is 1. The average Bonchev–Trinajstić information content (AvgIpc) is 3.38. The van der Waals surface area contributed by atoms with E-state index in [1.54, 1.807) is 11.3 Å². The largest absolute Gasteiger partial charge is 0.333 e. The van der Waals surface area contributed by atoms with Crippen LogP contribution in [0.15, 0.2) is 35.7 Å². The Balaban J connectivity index is 1.63. The topological polar surface area (TPSA) is 40.6 Å². The zero-order valence-electron chi connectivity index (χ0n) is 18.5. The molecule has 1 aliphatic carbocycles. The molecule has 0 N–H and O–H groups in total. The van der Waals surface area contributed by atoms with Gasteiger partial charge in [-0.25, -0.2) is 0 Å². The molecule has 160 valence electrons. The summed E-state index contributed by atoms with van der Waals surface area (Å²) in [5.41, 5.74) is 3.14. The third-order valence-corrected chi connectivity index (χ3v) is 7.20. The van der Waals surface area contributed by atoms with E-state index in [2.05, 4.69) is 30.5 Å². The minimum absolute atomic E-state index is 0.0540. The molecule has 1 fully saturated rings. The monoisotopic (exact) mass is 424 g/mol. The number of carbonyl (C=O) groups excluding carboxylic acids is 2. The summed E-state index contributed by atoms with van der Waals surface area (Å²) in [6, 6.07) is 10.4. The molecular weight excluding hydrogens is 392 g/mol. The van der Waals surface area contributed by atoms with Gasteiger partial charge < -0.3 is 9.80 Å². The Kier molecular flexibility index (Phi) is 5.75. The van der Waals surface area contributed by atoms with Crippen molar-refractivity contribution in [1.82, 2.24) is 9.80 Å². The van der Waals surface area contributed by atoms with E-state index in [9.17, 15) is 9.59 Å². The second kappa shape index (κ2) is 8.18. The van der Waals surface area contributed by atoms with Gasteiger partial charge in [0.1, 0.15) is 0 Å². The van der Waals surface area contributed by atoms with E-state index < -0.39 is 5.41 Å². The number of rotatable bonds is 5. The van der Waals surface area contributed by atoms with Crippen molar-refractivity contribution >= 4 is 23.2 Å². The molecule has 1 saturated carbocycles. The first-order chi connectivity index (χ1) is 14.3. The number of fused-ring (bicyclic) bond motifs is 1. The van der Waals surface area contributed by atoms with E-state index in [4.69, 9.17) is 0 Å². The van der Waals surface area contributed by atoms with Gasteiger partial charge in [-0.15, -0.1) is 11.3 Å². The Labute approximate surface area is 183 Å². The van der Waals surface area contributed by atoms with E-state index >= 15 is 0 Å². The third-order valence-electron chi connectivity index (χ3n) is 6.20. The molecule has 4 rings (SSSR count). The van der Waals surface area contributed by atoms with Crippen molar-refractivity contribution in [3.8, 4) is 0 Å². The van der Waals surface area contributed by atoms with Gasteiger partial charge in [0, 0.05) is 23.4 Å². The van der Waals surface area contributed by atoms with Gasteiger partial charge in [0.15, 0.2) is 0 Å². The highest BCUT2D eigenvalue weighted by molar-refractivity contribution is 7.10. The molecule has 30 heavy (non-hydrogen) atoms. The summed E-state index contributed by atoms with van der Waals surface area (Å²) < 4.78 is 0. The highest BCUT2D eigenvalue weighted by Gasteiger charge is 2.37. The number of nitrogens with zero attached hydrogens (tertiary/aromatic N) is 2. The molecule has 2 amide bonds. The normalized spacial score (nSPS) is 18.8. The number of amides is 2. The highest BCUT2D eigenvalue weighted by atomic mass is 32.1. The fourth-order valence-electron chi connectivity index (χ4n) is 4.37. The quantitative estimate of drug-likeness (QED) is 0.691. The summed E-state index contributed by atoms with van der Waals surface area (Å²) in [6.07, 6.45) is 3.21. The van der Waals surface area contributed by atoms with Gasteiger partial charge in [0.05, 0.1) is 12.6 Å². The van der Waals surface area contributed by atoms with Crippen LogP contribution in [-0.2, 0) is 16.0 Å². The first-order valence-corrected chi connectivity index (χ1v) is 11.8. The molecule has 0 saturated heterocycles. The molecule has 1 aliphatic heterocycles. The summed E-state index contributed by atoms with van der Waals surface area (Å²) in [4.78, 5) is 31.9. The maximum Gasteiger partial charge on any atom is 0.242 e. The molecule has 2 aromatic rings. The Morgan fingerprint density at radius 2 is 1.87 bits per heavy atom. The van der Waals surface area contributed by atoms with Crippen LogP contribution in [-0.4, -0.2) is 41.2 Å². The van der Waals surface area contributed by atoms with Crippen molar-refractivity contribution < 1.29 is 9.59 Å². The highest BCUT2D eigenvalue weighted by Crippen LogP contribution is 2.39. The predicted octanol–water partition coefficient (Wildman–Crippen LogP) is 4.82. The lowest BCUT2D eigenvalue weighted by Crippen LogP contribution is -2.49. The van der Waals surface area contributed by atoms with Crippen molar-refractivity contribution in [2.75, 3.05) is 19.6 Å².